The lowest BCUT2D eigenvalue weighted by Gasteiger charge is -2.33. The summed E-state index contributed by atoms with van der Waals surface area (Å²) in [7, 11) is -3.57. The van der Waals surface area contributed by atoms with Crippen LogP contribution in [-0.2, 0) is 14.8 Å². The second kappa shape index (κ2) is 7.51. The number of esters is 1. The maximum absolute atomic E-state index is 12.8. The number of aromatic nitrogens is 1. The maximum Gasteiger partial charge on any atom is 0.338 e. The van der Waals surface area contributed by atoms with E-state index < -0.39 is 16.0 Å². The summed E-state index contributed by atoms with van der Waals surface area (Å²) in [6.45, 7) is 4.02. The van der Waals surface area contributed by atoms with Crippen LogP contribution in [0.4, 0.5) is 5.13 Å². The number of carbonyl (C=O) groups is 1. The maximum atomic E-state index is 12.8. The van der Waals surface area contributed by atoms with Crippen LogP contribution in [-0.4, -0.2) is 56.5 Å². The molecule has 134 valence electrons. The van der Waals surface area contributed by atoms with Gasteiger partial charge in [-0.25, -0.2) is 18.2 Å². The average molecular weight is 381 g/mol. The topological polar surface area (TPSA) is 79.8 Å². The Hall–Kier alpha value is -1.97. The highest BCUT2D eigenvalue weighted by atomic mass is 32.2. The Kier molecular flexibility index (Phi) is 5.36. The Labute approximate surface area is 150 Å². The predicted octanol–water partition coefficient (Wildman–Crippen LogP) is 1.83. The molecule has 7 nitrogen and oxygen atoms in total. The van der Waals surface area contributed by atoms with Crippen LogP contribution in [0.25, 0.3) is 0 Å². The van der Waals surface area contributed by atoms with Crippen molar-refractivity contribution in [2.24, 2.45) is 0 Å². The van der Waals surface area contributed by atoms with Crippen molar-refractivity contribution in [3.63, 3.8) is 0 Å². The quantitative estimate of drug-likeness (QED) is 0.735. The summed E-state index contributed by atoms with van der Waals surface area (Å²) in [6, 6.07) is 5.87. The van der Waals surface area contributed by atoms with Crippen molar-refractivity contribution in [2.45, 2.75) is 11.8 Å². The van der Waals surface area contributed by atoms with Gasteiger partial charge in [0.2, 0.25) is 10.0 Å². The number of thiazole rings is 1. The monoisotopic (exact) mass is 381 g/mol. The number of anilines is 1. The number of rotatable bonds is 5. The van der Waals surface area contributed by atoms with Crippen LogP contribution in [0.2, 0.25) is 0 Å². The Morgan fingerprint density at radius 2 is 1.88 bits per heavy atom. The third kappa shape index (κ3) is 3.83. The molecule has 0 N–H and O–H groups in total. The van der Waals surface area contributed by atoms with Crippen molar-refractivity contribution in [1.29, 1.82) is 0 Å². The SMILES string of the molecule is CCOC(=O)c1ccc(S(=O)(=O)N2CCN(c3nccs3)CC2)cc1. The van der Waals surface area contributed by atoms with Gasteiger partial charge in [-0.15, -0.1) is 11.3 Å². The van der Waals surface area contributed by atoms with Crippen molar-refractivity contribution in [1.82, 2.24) is 9.29 Å². The Morgan fingerprint density at radius 3 is 2.44 bits per heavy atom. The van der Waals surface area contributed by atoms with Crippen LogP contribution < -0.4 is 4.90 Å². The van der Waals surface area contributed by atoms with E-state index in [-0.39, 0.29) is 11.5 Å². The molecule has 2 aromatic rings. The number of piperazine rings is 1. The van der Waals surface area contributed by atoms with Gasteiger partial charge in [0.05, 0.1) is 17.1 Å². The highest BCUT2D eigenvalue weighted by Crippen LogP contribution is 2.22. The van der Waals surface area contributed by atoms with Crippen molar-refractivity contribution in [3.8, 4) is 0 Å². The van der Waals surface area contributed by atoms with Gasteiger partial charge in [0.1, 0.15) is 0 Å². The molecule has 1 aliphatic heterocycles. The second-order valence-corrected chi connectivity index (χ2v) is 8.26. The van der Waals surface area contributed by atoms with Crippen molar-refractivity contribution in [3.05, 3.63) is 41.4 Å². The van der Waals surface area contributed by atoms with Crippen LogP contribution in [0.15, 0.2) is 40.7 Å². The second-order valence-electron chi connectivity index (χ2n) is 5.45. The number of nitrogens with zero attached hydrogens (tertiary/aromatic N) is 3. The van der Waals surface area contributed by atoms with E-state index in [1.54, 1.807) is 24.5 Å². The average Bonchev–Trinajstić information content (AvgIpc) is 3.17. The van der Waals surface area contributed by atoms with Gasteiger partial charge in [-0.05, 0) is 31.2 Å². The zero-order valence-electron chi connectivity index (χ0n) is 13.8. The van der Waals surface area contributed by atoms with Gasteiger partial charge in [-0.1, -0.05) is 0 Å². The van der Waals surface area contributed by atoms with E-state index in [2.05, 4.69) is 9.88 Å². The zero-order chi connectivity index (χ0) is 17.9. The molecule has 0 amide bonds. The van der Waals surface area contributed by atoms with Gasteiger partial charge in [0.15, 0.2) is 5.13 Å². The zero-order valence-corrected chi connectivity index (χ0v) is 15.4. The molecule has 1 aromatic carbocycles. The Balaban J connectivity index is 1.69. The van der Waals surface area contributed by atoms with Gasteiger partial charge in [0.25, 0.3) is 0 Å². The standard InChI is InChI=1S/C16H19N3O4S2/c1-2-23-15(20)13-3-5-14(6-4-13)25(21,22)19-10-8-18(9-11-19)16-17-7-12-24-16/h3-7,12H,2,8-11H2,1H3. The predicted molar refractivity (Wildman–Crippen MR) is 95.5 cm³/mol. The molecule has 0 unspecified atom stereocenters. The first-order valence-electron chi connectivity index (χ1n) is 7.94. The first-order valence-corrected chi connectivity index (χ1v) is 10.3. The molecule has 1 fully saturated rings. The molecule has 0 atom stereocenters. The summed E-state index contributed by atoms with van der Waals surface area (Å²) >= 11 is 1.55. The number of carbonyl (C=O) groups excluding carboxylic acids is 1. The van der Waals surface area contributed by atoms with Gasteiger partial charge >= 0.3 is 5.97 Å². The molecule has 1 aromatic heterocycles. The van der Waals surface area contributed by atoms with Crippen LogP contribution >= 0.6 is 11.3 Å². The lowest BCUT2D eigenvalue weighted by atomic mass is 10.2. The fraction of sp³-hybridized carbons (Fsp3) is 0.375. The first kappa shape index (κ1) is 17.8. The summed E-state index contributed by atoms with van der Waals surface area (Å²) < 4.78 is 31.9. The third-order valence-corrected chi connectivity index (χ3v) is 6.68. The molecule has 0 aliphatic carbocycles. The number of hydrogen-bond donors (Lipinski definition) is 0. The number of hydrogen-bond acceptors (Lipinski definition) is 7. The van der Waals surface area contributed by atoms with Crippen LogP contribution in [0, 0.1) is 0 Å². The normalized spacial score (nSPS) is 16.0. The molecule has 3 rings (SSSR count). The molecule has 0 spiro atoms. The minimum Gasteiger partial charge on any atom is -0.462 e. The van der Waals surface area contributed by atoms with E-state index in [9.17, 15) is 13.2 Å². The number of sulfonamides is 1. The van der Waals surface area contributed by atoms with E-state index in [0.29, 0.717) is 31.7 Å². The Morgan fingerprint density at radius 1 is 1.20 bits per heavy atom. The van der Waals surface area contributed by atoms with E-state index >= 15 is 0 Å². The summed E-state index contributed by atoms with van der Waals surface area (Å²) in [4.78, 5) is 18.2. The molecule has 0 bridgehead atoms. The van der Waals surface area contributed by atoms with Gasteiger partial charge < -0.3 is 9.64 Å². The molecule has 0 saturated carbocycles. The van der Waals surface area contributed by atoms with Crippen molar-refractivity contribution < 1.29 is 17.9 Å². The largest absolute Gasteiger partial charge is 0.462 e. The molecule has 2 heterocycles. The highest BCUT2D eigenvalue weighted by molar-refractivity contribution is 7.89. The van der Waals surface area contributed by atoms with Gasteiger partial charge in [-0.3, -0.25) is 0 Å². The molecule has 1 aliphatic rings. The Bertz CT molecular complexity index is 812. The molecular formula is C16H19N3O4S2. The minimum atomic E-state index is -3.57. The smallest absolute Gasteiger partial charge is 0.338 e. The van der Waals surface area contributed by atoms with Crippen LogP contribution in [0.1, 0.15) is 17.3 Å². The molecule has 9 heteroatoms. The van der Waals surface area contributed by atoms with Crippen molar-refractivity contribution in [2.75, 3.05) is 37.7 Å². The van der Waals surface area contributed by atoms with Gasteiger partial charge in [-0.2, -0.15) is 4.31 Å². The highest BCUT2D eigenvalue weighted by Gasteiger charge is 2.29. The van der Waals surface area contributed by atoms with Crippen LogP contribution in [0.3, 0.4) is 0 Å². The van der Waals surface area contributed by atoms with E-state index in [4.69, 9.17) is 4.74 Å². The summed E-state index contributed by atoms with van der Waals surface area (Å²) in [5.41, 5.74) is 0.342. The fourth-order valence-electron chi connectivity index (χ4n) is 2.62. The molecular weight excluding hydrogens is 362 g/mol. The first-order chi connectivity index (χ1) is 12.0. The van der Waals surface area contributed by atoms with E-state index in [1.165, 1.54) is 28.6 Å². The summed E-state index contributed by atoms with van der Waals surface area (Å²) in [5.74, 6) is -0.455. The fourth-order valence-corrected chi connectivity index (χ4v) is 4.74. The summed E-state index contributed by atoms with van der Waals surface area (Å²) in [6.07, 6.45) is 1.74. The third-order valence-electron chi connectivity index (χ3n) is 3.93. The lowest BCUT2D eigenvalue weighted by molar-refractivity contribution is 0.0526. The van der Waals surface area contributed by atoms with E-state index in [0.717, 1.165) is 5.13 Å². The summed E-state index contributed by atoms with van der Waals surface area (Å²) in [5, 5.41) is 2.82. The lowest BCUT2D eigenvalue weighted by Crippen LogP contribution is -2.48. The molecule has 1 saturated heterocycles. The molecule has 0 radical (unpaired) electrons. The van der Waals surface area contributed by atoms with E-state index in [1.807, 2.05) is 5.38 Å². The number of ether oxygens (including phenoxy) is 1. The van der Waals surface area contributed by atoms with Crippen LogP contribution in [0.5, 0.6) is 0 Å². The minimum absolute atomic E-state index is 0.184. The number of benzene rings is 1. The molecule has 25 heavy (non-hydrogen) atoms. The van der Waals surface area contributed by atoms with Crippen molar-refractivity contribution >= 4 is 32.5 Å². The van der Waals surface area contributed by atoms with Gasteiger partial charge in [0, 0.05) is 37.8 Å².